The minimum absolute atomic E-state index is 0.0229. The molecule has 0 N–H and O–H groups in total. The second-order valence-corrected chi connectivity index (χ2v) is 5.49. The van der Waals surface area contributed by atoms with Crippen molar-refractivity contribution >= 4 is 11.8 Å². The van der Waals surface area contributed by atoms with Crippen LogP contribution in [0.2, 0.25) is 0 Å². The van der Waals surface area contributed by atoms with Crippen LogP contribution in [0.1, 0.15) is 35.8 Å². The first-order valence-electron chi connectivity index (χ1n) is 6.56. The summed E-state index contributed by atoms with van der Waals surface area (Å²) in [7, 11) is 1.82. The van der Waals surface area contributed by atoms with Crippen LogP contribution in [0, 0.1) is 6.92 Å². The zero-order valence-corrected chi connectivity index (χ0v) is 11.5. The van der Waals surface area contributed by atoms with Crippen LogP contribution in [0.3, 0.4) is 0 Å². The van der Waals surface area contributed by atoms with Crippen LogP contribution in [0.4, 0.5) is 0 Å². The summed E-state index contributed by atoms with van der Waals surface area (Å²) in [5.41, 5.74) is 1.04. The maximum absolute atomic E-state index is 12.7. The molecule has 6 nitrogen and oxygen atoms in total. The van der Waals surface area contributed by atoms with E-state index >= 15 is 0 Å². The standard InChI is InChI=1S/C13H18N4O2/c1-9-10(8-14-15(9)3)12(19)17-7-6-16-11(18)4-5-13(16,17)2/h8H,4-7H2,1-3H3. The molecule has 2 saturated heterocycles. The maximum atomic E-state index is 12.7. The van der Waals surface area contributed by atoms with E-state index in [4.69, 9.17) is 0 Å². The van der Waals surface area contributed by atoms with Crippen LogP contribution in [0.15, 0.2) is 6.20 Å². The lowest BCUT2D eigenvalue weighted by Crippen LogP contribution is -2.50. The Labute approximate surface area is 112 Å². The third kappa shape index (κ3) is 1.52. The highest BCUT2D eigenvalue weighted by Crippen LogP contribution is 2.38. The predicted octanol–water partition coefficient (Wildman–Crippen LogP) is 0.523. The Hall–Kier alpha value is -1.85. The molecule has 1 atom stereocenters. The Balaban J connectivity index is 1.93. The zero-order chi connectivity index (χ0) is 13.8. The van der Waals surface area contributed by atoms with E-state index in [0.717, 1.165) is 12.1 Å². The van der Waals surface area contributed by atoms with Gasteiger partial charge in [0.2, 0.25) is 5.91 Å². The van der Waals surface area contributed by atoms with Gasteiger partial charge in [0, 0.05) is 32.3 Å². The van der Waals surface area contributed by atoms with Gasteiger partial charge in [0.1, 0.15) is 5.66 Å². The lowest BCUT2D eigenvalue weighted by molar-refractivity contribution is -0.130. The Morgan fingerprint density at radius 1 is 1.42 bits per heavy atom. The number of nitrogens with zero attached hydrogens (tertiary/aromatic N) is 4. The second kappa shape index (κ2) is 3.82. The summed E-state index contributed by atoms with van der Waals surface area (Å²) in [5, 5.41) is 4.12. The van der Waals surface area contributed by atoms with Crippen molar-refractivity contribution in [3.05, 3.63) is 17.5 Å². The van der Waals surface area contributed by atoms with Gasteiger partial charge in [-0.2, -0.15) is 5.10 Å². The van der Waals surface area contributed by atoms with Crippen LogP contribution in [-0.2, 0) is 11.8 Å². The van der Waals surface area contributed by atoms with E-state index in [1.54, 1.807) is 10.9 Å². The minimum Gasteiger partial charge on any atom is -0.318 e. The Morgan fingerprint density at radius 2 is 2.16 bits per heavy atom. The van der Waals surface area contributed by atoms with Gasteiger partial charge in [-0.1, -0.05) is 0 Å². The summed E-state index contributed by atoms with van der Waals surface area (Å²) in [6.45, 7) is 5.11. The molecule has 1 aromatic rings. The highest BCUT2D eigenvalue weighted by molar-refractivity contribution is 5.96. The molecule has 2 aliphatic heterocycles. The normalized spacial score (nSPS) is 26.2. The van der Waals surface area contributed by atoms with E-state index in [0.29, 0.717) is 25.1 Å². The topological polar surface area (TPSA) is 58.4 Å². The summed E-state index contributed by atoms with van der Waals surface area (Å²) in [5.74, 6) is 0.131. The molecule has 0 spiro atoms. The molecule has 3 heterocycles. The van der Waals surface area contributed by atoms with E-state index in [1.165, 1.54) is 0 Å². The van der Waals surface area contributed by atoms with Gasteiger partial charge in [-0.05, 0) is 20.3 Å². The van der Waals surface area contributed by atoms with Gasteiger partial charge < -0.3 is 9.80 Å². The van der Waals surface area contributed by atoms with Gasteiger partial charge in [-0.15, -0.1) is 0 Å². The summed E-state index contributed by atoms with van der Waals surface area (Å²) in [4.78, 5) is 28.1. The van der Waals surface area contributed by atoms with Crippen LogP contribution in [0.25, 0.3) is 0 Å². The molecule has 0 saturated carbocycles. The monoisotopic (exact) mass is 262 g/mol. The third-order valence-corrected chi connectivity index (χ3v) is 4.53. The van der Waals surface area contributed by atoms with Gasteiger partial charge in [0.25, 0.3) is 5.91 Å². The summed E-state index contributed by atoms with van der Waals surface area (Å²) in [6, 6.07) is 0. The van der Waals surface area contributed by atoms with Gasteiger partial charge in [-0.3, -0.25) is 14.3 Å². The smallest absolute Gasteiger partial charge is 0.259 e. The molecule has 1 unspecified atom stereocenters. The number of hydrogen-bond donors (Lipinski definition) is 0. The first kappa shape index (κ1) is 12.2. The quantitative estimate of drug-likeness (QED) is 0.741. The lowest BCUT2D eigenvalue weighted by atomic mass is 10.1. The van der Waals surface area contributed by atoms with Crippen LogP contribution < -0.4 is 0 Å². The predicted molar refractivity (Wildman–Crippen MR) is 68.3 cm³/mol. The van der Waals surface area contributed by atoms with Crippen molar-refractivity contribution in [2.24, 2.45) is 7.05 Å². The first-order valence-corrected chi connectivity index (χ1v) is 6.56. The Bertz CT molecular complexity index is 565. The van der Waals surface area contributed by atoms with E-state index in [2.05, 4.69) is 5.10 Å². The van der Waals surface area contributed by atoms with E-state index < -0.39 is 5.66 Å². The molecule has 6 heteroatoms. The lowest BCUT2D eigenvalue weighted by Gasteiger charge is -2.35. The number of aromatic nitrogens is 2. The van der Waals surface area contributed by atoms with Crippen LogP contribution in [0.5, 0.6) is 0 Å². The van der Waals surface area contributed by atoms with Crippen molar-refractivity contribution < 1.29 is 9.59 Å². The minimum atomic E-state index is -0.448. The number of aryl methyl sites for hydroxylation is 1. The molecule has 0 radical (unpaired) electrons. The molecule has 3 rings (SSSR count). The maximum Gasteiger partial charge on any atom is 0.259 e. The number of fused-ring (bicyclic) bond motifs is 1. The average molecular weight is 262 g/mol. The summed E-state index contributed by atoms with van der Waals surface area (Å²) in [6.07, 6.45) is 2.86. The number of carbonyl (C=O) groups excluding carboxylic acids is 2. The molecule has 19 heavy (non-hydrogen) atoms. The van der Waals surface area contributed by atoms with Crippen molar-refractivity contribution in [2.75, 3.05) is 13.1 Å². The fraction of sp³-hybridized carbons (Fsp3) is 0.615. The Morgan fingerprint density at radius 3 is 2.79 bits per heavy atom. The SMILES string of the molecule is Cc1c(C(=O)N2CCN3C(=O)CCC32C)cnn1C. The Kier molecular flexibility index (Phi) is 2.45. The van der Waals surface area contributed by atoms with Crippen molar-refractivity contribution in [2.45, 2.75) is 32.4 Å². The fourth-order valence-electron chi connectivity index (χ4n) is 3.14. The molecule has 0 aliphatic carbocycles. The highest BCUT2D eigenvalue weighted by Gasteiger charge is 2.52. The average Bonchev–Trinajstić information content (AvgIpc) is 2.96. The highest BCUT2D eigenvalue weighted by atomic mass is 16.2. The number of hydrogen-bond acceptors (Lipinski definition) is 3. The summed E-state index contributed by atoms with van der Waals surface area (Å²) >= 11 is 0. The van der Waals surface area contributed by atoms with Crippen LogP contribution >= 0.6 is 0 Å². The number of amides is 2. The van der Waals surface area contributed by atoms with E-state index in [-0.39, 0.29) is 11.8 Å². The molecule has 0 bridgehead atoms. The molecule has 0 aromatic carbocycles. The second-order valence-electron chi connectivity index (χ2n) is 5.49. The van der Waals surface area contributed by atoms with Gasteiger partial charge in [0.15, 0.2) is 0 Å². The zero-order valence-electron chi connectivity index (χ0n) is 11.5. The van der Waals surface area contributed by atoms with Crippen molar-refractivity contribution in [3.63, 3.8) is 0 Å². The van der Waals surface area contributed by atoms with E-state index in [1.807, 2.05) is 30.7 Å². The molecule has 2 fully saturated rings. The molecule has 1 aromatic heterocycles. The van der Waals surface area contributed by atoms with Crippen molar-refractivity contribution in [3.8, 4) is 0 Å². The number of carbonyl (C=O) groups is 2. The summed E-state index contributed by atoms with van der Waals surface area (Å²) < 4.78 is 1.70. The molecule has 102 valence electrons. The van der Waals surface area contributed by atoms with Gasteiger partial charge in [0.05, 0.1) is 11.8 Å². The van der Waals surface area contributed by atoms with Crippen LogP contribution in [-0.4, -0.2) is 50.1 Å². The molecule has 2 amide bonds. The van der Waals surface area contributed by atoms with Crippen molar-refractivity contribution in [1.82, 2.24) is 19.6 Å². The number of rotatable bonds is 1. The van der Waals surface area contributed by atoms with Gasteiger partial charge in [-0.25, -0.2) is 0 Å². The van der Waals surface area contributed by atoms with Crippen molar-refractivity contribution in [1.29, 1.82) is 0 Å². The molecular formula is C13H18N4O2. The largest absolute Gasteiger partial charge is 0.318 e. The molecular weight excluding hydrogens is 244 g/mol. The molecule has 2 aliphatic rings. The van der Waals surface area contributed by atoms with Gasteiger partial charge >= 0.3 is 0 Å². The van der Waals surface area contributed by atoms with E-state index in [9.17, 15) is 9.59 Å². The first-order chi connectivity index (χ1) is 8.95. The third-order valence-electron chi connectivity index (χ3n) is 4.53. The fourth-order valence-corrected chi connectivity index (χ4v) is 3.14.